The number of rotatable bonds is 2. The second-order valence-electron chi connectivity index (χ2n) is 5.20. The number of amides is 1. The largest absolute Gasteiger partial charge is 0.486 e. The van der Waals surface area contributed by atoms with Crippen molar-refractivity contribution >= 4 is 22.5 Å². The first-order valence-electron chi connectivity index (χ1n) is 7.18. The highest BCUT2D eigenvalue weighted by Gasteiger charge is 2.15. The van der Waals surface area contributed by atoms with Gasteiger partial charge in [-0.1, -0.05) is 0 Å². The lowest BCUT2D eigenvalue weighted by Gasteiger charge is -2.18. The summed E-state index contributed by atoms with van der Waals surface area (Å²) in [5.41, 5.74) is 1.68. The molecule has 0 bridgehead atoms. The summed E-state index contributed by atoms with van der Waals surface area (Å²) in [6.07, 6.45) is 1.57. The SMILES string of the molecule is O=C(Nc1ccc2c(c1)OCCO2)c1c[nH]c2ccc(F)cc12. The van der Waals surface area contributed by atoms with E-state index in [4.69, 9.17) is 9.47 Å². The summed E-state index contributed by atoms with van der Waals surface area (Å²) in [7, 11) is 0. The zero-order valence-corrected chi connectivity index (χ0v) is 12.1. The van der Waals surface area contributed by atoms with Crippen molar-refractivity contribution in [3.8, 4) is 11.5 Å². The van der Waals surface area contributed by atoms with Crippen LogP contribution >= 0.6 is 0 Å². The number of ether oxygens (including phenoxy) is 2. The van der Waals surface area contributed by atoms with Gasteiger partial charge in [-0.05, 0) is 30.3 Å². The van der Waals surface area contributed by atoms with Crippen LogP contribution in [0, 0.1) is 5.82 Å². The molecule has 0 spiro atoms. The molecule has 1 aromatic heterocycles. The van der Waals surface area contributed by atoms with Gasteiger partial charge in [-0.3, -0.25) is 4.79 Å². The molecule has 1 amide bonds. The predicted molar refractivity (Wildman–Crippen MR) is 83.6 cm³/mol. The molecule has 0 atom stereocenters. The summed E-state index contributed by atoms with van der Waals surface area (Å²) in [4.78, 5) is 15.4. The van der Waals surface area contributed by atoms with Gasteiger partial charge in [-0.25, -0.2) is 4.39 Å². The van der Waals surface area contributed by atoms with Crippen LogP contribution in [-0.2, 0) is 0 Å². The fourth-order valence-electron chi connectivity index (χ4n) is 2.60. The van der Waals surface area contributed by atoms with Crippen molar-refractivity contribution < 1.29 is 18.7 Å². The Balaban J connectivity index is 1.63. The Morgan fingerprint density at radius 2 is 1.91 bits per heavy atom. The number of hydrogen-bond donors (Lipinski definition) is 2. The summed E-state index contributed by atoms with van der Waals surface area (Å²) in [6, 6.07) is 9.49. The zero-order chi connectivity index (χ0) is 15.8. The second-order valence-corrected chi connectivity index (χ2v) is 5.20. The minimum Gasteiger partial charge on any atom is -0.486 e. The van der Waals surface area contributed by atoms with Gasteiger partial charge >= 0.3 is 0 Å². The van der Waals surface area contributed by atoms with Crippen molar-refractivity contribution in [1.82, 2.24) is 4.98 Å². The number of aromatic amines is 1. The van der Waals surface area contributed by atoms with Gasteiger partial charge in [0.05, 0.1) is 5.56 Å². The molecule has 2 heterocycles. The summed E-state index contributed by atoms with van der Waals surface area (Å²) in [6.45, 7) is 0.992. The molecular weight excluding hydrogens is 299 g/mol. The van der Waals surface area contributed by atoms with Gasteiger partial charge in [-0.2, -0.15) is 0 Å². The highest BCUT2D eigenvalue weighted by atomic mass is 19.1. The lowest BCUT2D eigenvalue weighted by atomic mass is 10.1. The Morgan fingerprint density at radius 1 is 1.09 bits per heavy atom. The van der Waals surface area contributed by atoms with Crippen LogP contribution in [0.5, 0.6) is 11.5 Å². The molecule has 0 aliphatic carbocycles. The lowest BCUT2D eigenvalue weighted by molar-refractivity contribution is 0.102. The molecule has 0 unspecified atom stereocenters. The van der Waals surface area contributed by atoms with E-state index in [1.54, 1.807) is 30.5 Å². The molecule has 0 saturated heterocycles. The lowest BCUT2D eigenvalue weighted by Crippen LogP contribution is -2.16. The molecule has 5 nitrogen and oxygen atoms in total. The minimum atomic E-state index is -0.384. The number of hydrogen-bond acceptors (Lipinski definition) is 3. The van der Waals surface area contributed by atoms with Crippen LogP contribution in [0.25, 0.3) is 10.9 Å². The van der Waals surface area contributed by atoms with Crippen molar-refractivity contribution in [2.75, 3.05) is 18.5 Å². The number of nitrogens with one attached hydrogen (secondary N) is 2. The maximum Gasteiger partial charge on any atom is 0.257 e. The first kappa shape index (κ1) is 13.6. The highest BCUT2D eigenvalue weighted by Crippen LogP contribution is 2.33. The summed E-state index contributed by atoms with van der Waals surface area (Å²) >= 11 is 0. The van der Waals surface area contributed by atoms with E-state index in [9.17, 15) is 9.18 Å². The fourth-order valence-corrected chi connectivity index (χ4v) is 2.60. The third-order valence-corrected chi connectivity index (χ3v) is 3.69. The summed E-state index contributed by atoms with van der Waals surface area (Å²) in [5, 5.41) is 3.33. The molecule has 0 radical (unpaired) electrons. The average molecular weight is 312 g/mol. The van der Waals surface area contributed by atoms with E-state index in [-0.39, 0.29) is 11.7 Å². The Hall–Kier alpha value is -3.02. The molecule has 3 aromatic rings. The van der Waals surface area contributed by atoms with Crippen molar-refractivity contribution in [2.45, 2.75) is 0 Å². The Kier molecular flexibility index (Phi) is 3.15. The number of halogens is 1. The molecule has 6 heteroatoms. The number of fused-ring (bicyclic) bond motifs is 2. The third kappa shape index (κ3) is 2.48. The van der Waals surface area contributed by atoms with E-state index in [1.165, 1.54) is 12.1 Å². The van der Waals surface area contributed by atoms with Crippen LogP contribution in [0.15, 0.2) is 42.6 Å². The van der Waals surface area contributed by atoms with E-state index in [0.717, 1.165) is 0 Å². The van der Waals surface area contributed by atoms with Gasteiger partial charge in [0.25, 0.3) is 5.91 Å². The molecule has 1 aliphatic heterocycles. The smallest absolute Gasteiger partial charge is 0.257 e. The van der Waals surface area contributed by atoms with Gasteiger partial charge in [0.1, 0.15) is 19.0 Å². The first-order valence-corrected chi connectivity index (χ1v) is 7.18. The van der Waals surface area contributed by atoms with Crippen LogP contribution in [0.3, 0.4) is 0 Å². The monoisotopic (exact) mass is 312 g/mol. The molecule has 4 rings (SSSR count). The second kappa shape index (κ2) is 5.31. The molecule has 116 valence electrons. The van der Waals surface area contributed by atoms with Crippen LogP contribution in [0.4, 0.5) is 10.1 Å². The van der Waals surface area contributed by atoms with Gasteiger partial charge < -0.3 is 19.8 Å². The Morgan fingerprint density at radius 3 is 2.78 bits per heavy atom. The van der Waals surface area contributed by atoms with Gasteiger partial charge in [0.15, 0.2) is 11.5 Å². The van der Waals surface area contributed by atoms with Crippen molar-refractivity contribution in [2.24, 2.45) is 0 Å². The molecular formula is C17H13FN2O3. The molecule has 0 fully saturated rings. The maximum absolute atomic E-state index is 13.4. The number of carbonyl (C=O) groups is 1. The van der Waals surface area contributed by atoms with Crippen LogP contribution in [0.2, 0.25) is 0 Å². The minimum absolute atomic E-state index is 0.321. The first-order chi connectivity index (χ1) is 11.2. The quantitative estimate of drug-likeness (QED) is 0.763. The fraction of sp³-hybridized carbons (Fsp3) is 0.118. The van der Waals surface area contributed by atoms with E-state index < -0.39 is 0 Å². The maximum atomic E-state index is 13.4. The van der Waals surface area contributed by atoms with Crippen molar-refractivity contribution in [3.63, 3.8) is 0 Å². The normalized spacial score (nSPS) is 13.1. The topological polar surface area (TPSA) is 63.4 Å². The van der Waals surface area contributed by atoms with E-state index >= 15 is 0 Å². The van der Waals surface area contributed by atoms with Gasteiger partial charge in [-0.15, -0.1) is 0 Å². The standard InChI is InChI=1S/C17H13FN2O3/c18-10-1-3-14-12(7-10)13(9-19-14)17(21)20-11-2-4-15-16(8-11)23-6-5-22-15/h1-4,7-9,19H,5-6H2,(H,20,21). The van der Waals surface area contributed by atoms with Crippen molar-refractivity contribution in [3.05, 3.63) is 54.0 Å². The molecule has 0 saturated carbocycles. The number of carbonyl (C=O) groups excluding carboxylic acids is 1. The number of H-pyrrole nitrogens is 1. The Labute approximate surface area is 131 Å². The number of aromatic nitrogens is 1. The van der Waals surface area contributed by atoms with Crippen LogP contribution in [0.1, 0.15) is 10.4 Å². The van der Waals surface area contributed by atoms with Crippen LogP contribution < -0.4 is 14.8 Å². The summed E-state index contributed by atoms with van der Waals surface area (Å²) in [5.74, 6) is 0.548. The highest BCUT2D eigenvalue weighted by molar-refractivity contribution is 6.12. The number of anilines is 1. The molecule has 23 heavy (non-hydrogen) atoms. The molecule has 2 aromatic carbocycles. The third-order valence-electron chi connectivity index (χ3n) is 3.69. The zero-order valence-electron chi connectivity index (χ0n) is 12.1. The molecule has 1 aliphatic rings. The van der Waals surface area contributed by atoms with E-state index in [1.807, 2.05) is 0 Å². The predicted octanol–water partition coefficient (Wildman–Crippen LogP) is 3.33. The van der Waals surface area contributed by atoms with E-state index in [0.29, 0.717) is 46.9 Å². The van der Waals surface area contributed by atoms with Gasteiger partial charge in [0.2, 0.25) is 0 Å². The summed E-state index contributed by atoms with van der Waals surface area (Å²) < 4.78 is 24.3. The van der Waals surface area contributed by atoms with Crippen molar-refractivity contribution in [1.29, 1.82) is 0 Å². The molecule has 2 N–H and O–H groups in total. The van der Waals surface area contributed by atoms with Gasteiger partial charge in [0, 0.05) is 28.9 Å². The number of benzene rings is 2. The van der Waals surface area contributed by atoms with E-state index in [2.05, 4.69) is 10.3 Å². The Bertz CT molecular complexity index is 904. The van der Waals surface area contributed by atoms with Crippen LogP contribution in [-0.4, -0.2) is 24.1 Å². The average Bonchev–Trinajstić information content (AvgIpc) is 2.98.